The van der Waals surface area contributed by atoms with Gasteiger partial charge in [-0.25, -0.2) is 18.0 Å². The van der Waals surface area contributed by atoms with Crippen molar-refractivity contribution in [1.82, 2.24) is 5.32 Å². The van der Waals surface area contributed by atoms with E-state index in [1.807, 2.05) is 0 Å². The van der Waals surface area contributed by atoms with Gasteiger partial charge in [-0.2, -0.15) is 0 Å². The smallest absolute Gasteiger partial charge is 0.405 e. The predicted molar refractivity (Wildman–Crippen MR) is 84.7 cm³/mol. The number of carbonyl (C=O) groups excluding carboxylic acids is 1. The zero-order valence-corrected chi connectivity index (χ0v) is 13.2. The molecule has 1 atom stereocenters. The van der Waals surface area contributed by atoms with Crippen molar-refractivity contribution in [3.63, 3.8) is 0 Å². The van der Waals surface area contributed by atoms with Gasteiger partial charge in [-0.05, 0) is 18.2 Å². The fraction of sp³-hybridized carbons (Fsp3) is 0.176. The van der Waals surface area contributed by atoms with Crippen molar-refractivity contribution in [3.8, 4) is 5.75 Å². The van der Waals surface area contributed by atoms with E-state index in [2.05, 4.69) is 10.6 Å². The largest absolute Gasteiger partial charge is 0.492 e. The standard InChI is InChI=1S/C17H13F3N2O4/c18-10-3-1-8(7-12(10)20)21-16(23)14-11(19)4-2-9-13(22-17(24)25)5-6-26-15(9)14/h1-4,7,13,22H,5-6H2,(H,21,23)(H,24,25). The number of nitrogens with one attached hydrogen (secondary N) is 2. The van der Waals surface area contributed by atoms with Gasteiger partial charge in [0.1, 0.15) is 17.1 Å². The lowest BCUT2D eigenvalue weighted by molar-refractivity contribution is 0.101. The van der Waals surface area contributed by atoms with E-state index in [0.717, 1.165) is 24.3 Å². The van der Waals surface area contributed by atoms with Crippen LogP contribution in [0.2, 0.25) is 0 Å². The van der Waals surface area contributed by atoms with E-state index in [1.54, 1.807) is 0 Å². The number of anilines is 1. The van der Waals surface area contributed by atoms with Crippen LogP contribution in [0, 0.1) is 17.5 Å². The van der Waals surface area contributed by atoms with Crippen molar-refractivity contribution in [2.45, 2.75) is 12.5 Å². The second kappa shape index (κ2) is 6.95. The molecule has 1 heterocycles. The van der Waals surface area contributed by atoms with E-state index >= 15 is 0 Å². The zero-order valence-electron chi connectivity index (χ0n) is 13.2. The van der Waals surface area contributed by atoms with Crippen LogP contribution < -0.4 is 15.4 Å². The topological polar surface area (TPSA) is 87.7 Å². The molecule has 1 unspecified atom stereocenters. The summed E-state index contributed by atoms with van der Waals surface area (Å²) in [5, 5.41) is 13.4. The molecule has 1 aliphatic rings. The maximum absolute atomic E-state index is 14.3. The van der Waals surface area contributed by atoms with E-state index in [-0.39, 0.29) is 18.0 Å². The molecule has 2 aromatic carbocycles. The lowest BCUT2D eigenvalue weighted by atomic mass is 9.97. The highest BCUT2D eigenvalue weighted by Crippen LogP contribution is 2.36. The van der Waals surface area contributed by atoms with Gasteiger partial charge in [-0.1, -0.05) is 6.07 Å². The number of ether oxygens (including phenoxy) is 1. The maximum atomic E-state index is 14.3. The van der Waals surface area contributed by atoms with Gasteiger partial charge >= 0.3 is 6.09 Å². The Labute approximate surface area is 145 Å². The van der Waals surface area contributed by atoms with Crippen LogP contribution in [-0.2, 0) is 0 Å². The monoisotopic (exact) mass is 366 g/mol. The molecule has 0 aromatic heterocycles. The molecule has 0 radical (unpaired) electrons. The molecule has 2 amide bonds. The highest BCUT2D eigenvalue weighted by atomic mass is 19.2. The summed E-state index contributed by atoms with van der Waals surface area (Å²) in [5.74, 6) is -4.16. The van der Waals surface area contributed by atoms with E-state index in [9.17, 15) is 22.8 Å². The first-order chi connectivity index (χ1) is 12.4. The van der Waals surface area contributed by atoms with Gasteiger partial charge in [-0.15, -0.1) is 0 Å². The highest BCUT2D eigenvalue weighted by Gasteiger charge is 2.29. The molecule has 2 aromatic rings. The highest BCUT2D eigenvalue weighted by molar-refractivity contribution is 6.06. The summed E-state index contributed by atoms with van der Waals surface area (Å²) >= 11 is 0. The fourth-order valence-corrected chi connectivity index (χ4v) is 2.72. The number of carboxylic acid groups (broad SMARTS) is 1. The average Bonchev–Trinajstić information content (AvgIpc) is 2.57. The first-order valence-corrected chi connectivity index (χ1v) is 7.58. The maximum Gasteiger partial charge on any atom is 0.405 e. The Morgan fingerprint density at radius 2 is 1.81 bits per heavy atom. The molecule has 3 rings (SSSR count). The van der Waals surface area contributed by atoms with Crippen LogP contribution in [0.1, 0.15) is 28.4 Å². The quantitative estimate of drug-likeness (QED) is 0.777. The van der Waals surface area contributed by atoms with E-state index < -0.39 is 41.1 Å². The van der Waals surface area contributed by atoms with Crippen molar-refractivity contribution < 1.29 is 32.6 Å². The van der Waals surface area contributed by atoms with E-state index in [0.29, 0.717) is 12.0 Å². The molecule has 0 bridgehead atoms. The number of hydrogen-bond acceptors (Lipinski definition) is 3. The van der Waals surface area contributed by atoms with Crippen LogP contribution in [0.4, 0.5) is 23.7 Å². The normalized spacial score (nSPS) is 15.6. The van der Waals surface area contributed by atoms with Gasteiger partial charge in [0, 0.05) is 23.7 Å². The second-order valence-electron chi connectivity index (χ2n) is 5.56. The molecule has 136 valence electrons. The molecular weight excluding hydrogens is 353 g/mol. The number of carbonyl (C=O) groups is 2. The molecule has 0 saturated carbocycles. The molecule has 0 spiro atoms. The fourth-order valence-electron chi connectivity index (χ4n) is 2.72. The third-order valence-corrected chi connectivity index (χ3v) is 3.87. The average molecular weight is 366 g/mol. The van der Waals surface area contributed by atoms with Crippen molar-refractivity contribution in [3.05, 3.63) is 58.9 Å². The summed E-state index contributed by atoms with van der Waals surface area (Å²) in [7, 11) is 0. The number of hydrogen-bond donors (Lipinski definition) is 3. The second-order valence-corrected chi connectivity index (χ2v) is 5.56. The van der Waals surface area contributed by atoms with E-state index in [4.69, 9.17) is 9.84 Å². The number of fused-ring (bicyclic) bond motifs is 1. The Balaban J connectivity index is 1.95. The number of halogens is 3. The number of amides is 2. The SMILES string of the molecule is O=C(O)NC1CCOc2c1ccc(F)c2C(=O)Nc1ccc(F)c(F)c1. The molecule has 0 fully saturated rings. The van der Waals surface area contributed by atoms with Gasteiger partial charge in [0.15, 0.2) is 11.6 Å². The summed E-state index contributed by atoms with van der Waals surface area (Å²) in [6, 6.07) is 4.40. The van der Waals surface area contributed by atoms with Gasteiger partial charge in [0.2, 0.25) is 0 Å². The van der Waals surface area contributed by atoms with Gasteiger partial charge in [-0.3, -0.25) is 4.79 Å². The molecular formula is C17H13F3N2O4. The Kier molecular flexibility index (Phi) is 4.70. The van der Waals surface area contributed by atoms with E-state index in [1.165, 1.54) is 6.07 Å². The molecule has 1 aliphatic heterocycles. The zero-order chi connectivity index (χ0) is 18.8. The van der Waals surface area contributed by atoms with Crippen LogP contribution in [0.25, 0.3) is 0 Å². The number of rotatable bonds is 3. The summed E-state index contributed by atoms with van der Waals surface area (Å²) in [6.45, 7) is 0.0762. The van der Waals surface area contributed by atoms with Crippen molar-refractivity contribution in [2.24, 2.45) is 0 Å². The minimum absolute atomic E-state index is 0.0677. The lowest BCUT2D eigenvalue weighted by Gasteiger charge is -2.27. The van der Waals surface area contributed by atoms with Gasteiger partial charge in [0.05, 0.1) is 12.6 Å². The molecule has 26 heavy (non-hydrogen) atoms. The van der Waals surface area contributed by atoms with Crippen LogP contribution >= 0.6 is 0 Å². The van der Waals surface area contributed by atoms with Crippen molar-refractivity contribution >= 4 is 17.7 Å². The minimum Gasteiger partial charge on any atom is -0.492 e. The molecule has 3 N–H and O–H groups in total. The Morgan fingerprint density at radius 1 is 1.08 bits per heavy atom. The first-order valence-electron chi connectivity index (χ1n) is 7.58. The van der Waals surface area contributed by atoms with Crippen molar-refractivity contribution in [2.75, 3.05) is 11.9 Å². The first kappa shape index (κ1) is 17.6. The predicted octanol–water partition coefficient (Wildman–Crippen LogP) is 3.45. The van der Waals surface area contributed by atoms with Crippen LogP contribution in [-0.4, -0.2) is 23.7 Å². The number of benzene rings is 2. The molecule has 6 nitrogen and oxygen atoms in total. The molecule has 0 aliphatic carbocycles. The third-order valence-electron chi connectivity index (χ3n) is 3.87. The van der Waals surface area contributed by atoms with Crippen LogP contribution in [0.5, 0.6) is 5.75 Å². The summed E-state index contributed by atoms with van der Waals surface area (Å²) in [4.78, 5) is 23.3. The Hall–Kier alpha value is -3.23. The summed E-state index contributed by atoms with van der Waals surface area (Å²) in [5.41, 5.74) is -0.193. The molecule has 0 saturated heterocycles. The van der Waals surface area contributed by atoms with Crippen molar-refractivity contribution in [1.29, 1.82) is 0 Å². The Morgan fingerprint density at radius 3 is 2.50 bits per heavy atom. The third kappa shape index (κ3) is 3.41. The molecule has 9 heteroatoms. The Bertz CT molecular complexity index is 889. The minimum atomic E-state index is -1.26. The summed E-state index contributed by atoms with van der Waals surface area (Å²) < 4.78 is 45.9. The van der Waals surface area contributed by atoms with Crippen LogP contribution in [0.3, 0.4) is 0 Å². The van der Waals surface area contributed by atoms with Gasteiger partial charge < -0.3 is 20.5 Å². The van der Waals surface area contributed by atoms with Crippen LogP contribution in [0.15, 0.2) is 30.3 Å². The lowest BCUT2D eigenvalue weighted by Crippen LogP contribution is -2.32. The summed E-state index contributed by atoms with van der Waals surface area (Å²) in [6.07, 6.45) is -0.949. The van der Waals surface area contributed by atoms with Gasteiger partial charge in [0.25, 0.3) is 5.91 Å².